The van der Waals surface area contributed by atoms with E-state index in [2.05, 4.69) is 33.8 Å². The van der Waals surface area contributed by atoms with Crippen LogP contribution in [0.4, 0.5) is 0 Å². The number of hydrogen-bond acceptors (Lipinski definition) is 4. The number of hydrogen-bond donors (Lipinski definition) is 1. The van der Waals surface area contributed by atoms with E-state index in [-0.39, 0.29) is 0 Å². The van der Waals surface area contributed by atoms with E-state index in [1.54, 1.807) is 0 Å². The second-order valence-electron chi connectivity index (χ2n) is 5.15. The lowest BCUT2D eigenvalue weighted by molar-refractivity contribution is 0.165. The molecule has 2 aliphatic heterocycles. The standard InChI is InChI=1S/C13H27N3S/c1-2-14-13-4-3-5-16(12-13)7-6-15-8-10-17-11-9-15/h13-14H,2-12H2,1H3. The molecule has 17 heavy (non-hydrogen) atoms. The quantitative estimate of drug-likeness (QED) is 0.795. The summed E-state index contributed by atoms with van der Waals surface area (Å²) in [5, 5.41) is 3.59. The van der Waals surface area contributed by atoms with E-state index < -0.39 is 0 Å². The monoisotopic (exact) mass is 257 g/mol. The van der Waals surface area contributed by atoms with E-state index in [9.17, 15) is 0 Å². The van der Waals surface area contributed by atoms with Crippen LogP contribution in [0, 0.1) is 0 Å². The van der Waals surface area contributed by atoms with Crippen molar-refractivity contribution in [3.8, 4) is 0 Å². The van der Waals surface area contributed by atoms with Crippen LogP contribution in [0.15, 0.2) is 0 Å². The van der Waals surface area contributed by atoms with Gasteiger partial charge in [-0.3, -0.25) is 0 Å². The van der Waals surface area contributed by atoms with Crippen molar-refractivity contribution in [3.05, 3.63) is 0 Å². The summed E-state index contributed by atoms with van der Waals surface area (Å²) < 4.78 is 0. The van der Waals surface area contributed by atoms with Gasteiger partial charge in [0.05, 0.1) is 0 Å². The smallest absolute Gasteiger partial charge is 0.0195 e. The van der Waals surface area contributed by atoms with Gasteiger partial charge in [-0.1, -0.05) is 6.92 Å². The lowest BCUT2D eigenvalue weighted by atomic mass is 10.1. The predicted octanol–water partition coefficient (Wildman–Crippen LogP) is 1.11. The van der Waals surface area contributed by atoms with Gasteiger partial charge in [-0.15, -0.1) is 0 Å². The Balaban J connectivity index is 1.64. The van der Waals surface area contributed by atoms with Crippen molar-refractivity contribution in [3.63, 3.8) is 0 Å². The summed E-state index contributed by atoms with van der Waals surface area (Å²) in [5.74, 6) is 2.67. The fraction of sp³-hybridized carbons (Fsp3) is 1.00. The molecular formula is C13H27N3S. The molecule has 2 heterocycles. The molecule has 0 saturated carbocycles. The topological polar surface area (TPSA) is 18.5 Å². The molecule has 0 amide bonds. The van der Waals surface area contributed by atoms with E-state index >= 15 is 0 Å². The second-order valence-corrected chi connectivity index (χ2v) is 6.38. The number of thioether (sulfide) groups is 1. The third kappa shape index (κ3) is 4.78. The van der Waals surface area contributed by atoms with E-state index in [1.165, 1.54) is 63.6 Å². The van der Waals surface area contributed by atoms with Gasteiger partial charge >= 0.3 is 0 Å². The summed E-state index contributed by atoms with van der Waals surface area (Å²) in [5.41, 5.74) is 0. The average molecular weight is 257 g/mol. The van der Waals surface area contributed by atoms with Gasteiger partial charge in [-0.2, -0.15) is 11.8 Å². The Morgan fingerprint density at radius 2 is 1.88 bits per heavy atom. The molecule has 0 aromatic rings. The molecule has 0 aliphatic carbocycles. The Bertz CT molecular complexity index is 205. The van der Waals surface area contributed by atoms with Crippen LogP contribution < -0.4 is 5.32 Å². The molecule has 2 saturated heterocycles. The third-order valence-corrected chi connectivity index (χ3v) is 4.78. The zero-order chi connectivity index (χ0) is 11.9. The molecule has 0 spiro atoms. The van der Waals surface area contributed by atoms with Crippen molar-refractivity contribution >= 4 is 11.8 Å². The molecule has 0 aromatic carbocycles. The van der Waals surface area contributed by atoms with Crippen molar-refractivity contribution in [2.45, 2.75) is 25.8 Å². The first kappa shape index (κ1) is 13.7. The number of likely N-dealkylation sites (tertiary alicyclic amines) is 1. The highest BCUT2D eigenvalue weighted by molar-refractivity contribution is 7.99. The molecule has 100 valence electrons. The highest BCUT2D eigenvalue weighted by Crippen LogP contribution is 2.12. The second kappa shape index (κ2) is 7.62. The summed E-state index contributed by atoms with van der Waals surface area (Å²) in [6.45, 7) is 11.0. The molecule has 1 N–H and O–H groups in total. The van der Waals surface area contributed by atoms with Crippen LogP contribution in [0.2, 0.25) is 0 Å². The van der Waals surface area contributed by atoms with Gasteiger partial charge in [-0.25, -0.2) is 0 Å². The van der Waals surface area contributed by atoms with Crippen molar-refractivity contribution in [2.24, 2.45) is 0 Å². The Hall–Kier alpha value is 0.230. The summed E-state index contributed by atoms with van der Waals surface area (Å²) in [7, 11) is 0. The Morgan fingerprint density at radius 3 is 2.65 bits per heavy atom. The molecule has 2 rings (SSSR count). The largest absolute Gasteiger partial charge is 0.313 e. The van der Waals surface area contributed by atoms with Gasteiger partial charge in [0.2, 0.25) is 0 Å². The van der Waals surface area contributed by atoms with Crippen LogP contribution in [0.1, 0.15) is 19.8 Å². The first-order valence-corrected chi connectivity index (χ1v) is 8.30. The van der Waals surface area contributed by atoms with Crippen molar-refractivity contribution in [1.82, 2.24) is 15.1 Å². The van der Waals surface area contributed by atoms with Crippen LogP contribution in [-0.4, -0.2) is 73.2 Å². The van der Waals surface area contributed by atoms with Crippen molar-refractivity contribution in [1.29, 1.82) is 0 Å². The zero-order valence-corrected chi connectivity index (χ0v) is 12.0. The number of rotatable bonds is 5. The number of nitrogens with zero attached hydrogens (tertiary/aromatic N) is 2. The Kier molecular flexibility index (Phi) is 6.12. The molecule has 4 heteroatoms. The van der Waals surface area contributed by atoms with Gasteiger partial charge < -0.3 is 15.1 Å². The zero-order valence-electron chi connectivity index (χ0n) is 11.2. The molecule has 0 bridgehead atoms. The summed E-state index contributed by atoms with van der Waals surface area (Å²) >= 11 is 2.10. The highest BCUT2D eigenvalue weighted by Gasteiger charge is 2.19. The van der Waals surface area contributed by atoms with E-state index in [0.717, 1.165) is 12.6 Å². The average Bonchev–Trinajstić information content (AvgIpc) is 2.39. The maximum Gasteiger partial charge on any atom is 0.0195 e. The molecule has 1 unspecified atom stereocenters. The first-order valence-electron chi connectivity index (χ1n) is 7.14. The van der Waals surface area contributed by atoms with Crippen LogP contribution >= 0.6 is 11.8 Å². The van der Waals surface area contributed by atoms with Crippen LogP contribution in [0.5, 0.6) is 0 Å². The molecule has 1 atom stereocenters. The first-order chi connectivity index (χ1) is 8.38. The van der Waals surface area contributed by atoms with Gasteiger partial charge in [-0.05, 0) is 25.9 Å². The minimum absolute atomic E-state index is 0.741. The Labute approximate surface area is 110 Å². The van der Waals surface area contributed by atoms with E-state index in [0.29, 0.717) is 0 Å². The molecule has 0 radical (unpaired) electrons. The maximum atomic E-state index is 3.59. The van der Waals surface area contributed by atoms with E-state index in [4.69, 9.17) is 0 Å². The molecular weight excluding hydrogens is 230 g/mol. The lowest BCUT2D eigenvalue weighted by Gasteiger charge is -2.35. The Morgan fingerprint density at radius 1 is 1.12 bits per heavy atom. The van der Waals surface area contributed by atoms with Gasteiger partial charge in [0, 0.05) is 50.3 Å². The molecule has 2 fully saturated rings. The number of piperidine rings is 1. The van der Waals surface area contributed by atoms with Crippen LogP contribution in [0.25, 0.3) is 0 Å². The maximum absolute atomic E-state index is 3.59. The molecule has 2 aliphatic rings. The van der Waals surface area contributed by atoms with Gasteiger partial charge in [0.25, 0.3) is 0 Å². The lowest BCUT2D eigenvalue weighted by Crippen LogP contribution is -2.48. The van der Waals surface area contributed by atoms with Crippen LogP contribution in [-0.2, 0) is 0 Å². The minimum atomic E-state index is 0.741. The van der Waals surface area contributed by atoms with E-state index in [1.807, 2.05) is 0 Å². The SMILES string of the molecule is CCNC1CCCN(CCN2CCSCC2)C1. The third-order valence-electron chi connectivity index (χ3n) is 3.83. The summed E-state index contributed by atoms with van der Waals surface area (Å²) in [6.07, 6.45) is 2.73. The number of likely N-dealkylation sites (N-methyl/N-ethyl adjacent to an activating group) is 1. The van der Waals surface area contributed by atoms with Crippen molar-refractivity contribution < 1.29 is 0 Å². The van der Waals surface area contributed by atoms with Crippen LogP contribution in [0.3, 0.4) is 0 Å². The van der Waals surface area contributed by atoms with Crippen molar-refractivity contribution in [2.75, 3.05) is 57.3 Å². The summed E-state index contributed by atoms with van der Waals surface area (Å²) in [4.78, 5) is 5.28. The minimum Gasteiger partial charge on any atom is -0.313 e. The van der Waals surface area contributed by atoms with Gasteiger partial charge in [0.1, 0.15) is 0 Å². The van der Waals surface area contributed by atoms with Gasteiger partial charge in [0.15, 0.2) is 0 Å². The summed E-state index contributed by atoms with van der Waals surface area (Å²) in [6, 6.07) is 0.741. The molecule has 0 aromatic heterocycles. The number of nitrogens with one attached hydrogen (secondary N) is 1. The predicted molar refractivity (Wildman–Crippen MR) is 76.9 cm³/mol. The fourth-order valence-electron chi connectivity index (χ4n) is 2.82. The highest BCUT2D eigenvalue weighted by atomic mass is 32.2. The molecule has 3 nitrogen and oxygen atoms in total. The normalized spacial score (nSPS) is 28.4. The fourth-order valence-corrected chi connectivity index (χ4v) is 3.80.